The second-order valence-corrected chi connectivity index (χ2v) is 8.87. The van der Waals surface area contributed by atoms with Crippen molar-refractivity contribution in [1.29, 1.82) is 0 Å². The van der Waals surface area contributed by atoms with Gasteiger partial charge in [-0.25, -0.2) is 0 Å². The van der Waals surface area contributed by atoms with Crippen LogP contribution in [0.1, 0.15) is 47.1 Å². The summed E-state index contributed by atoms with van der Waals surface area (Å²) in [4.78, 5) is 15.2. The second kappa shape index (κ2) is 10.0. The van der Waals surface area contributed by atoms with E-state index in [1.54, 1.807) is 0 Å². The number of ether oxygens (including phenoxy) is 1. The van der Waals surface area contributed by atoms with Gasteiger partial charge in [0, 0.05) is 13.1 Å². The third-order valence-electron chi connectivity index (χ3n) is 5.36. The number of piperidine rings is 1. The lowest BCUT2D eigenvalue weighted by Crippen LogP contribution is -2.38. The molecule has 1 aliphatic heterocycles. The molecule has 31 heavy (non-hydrogen) atoms. The fourth-order valence-corrected chi connectivity index (χ4v) is 4.59. The summed E-state index contributed by atoms with van der Waals surface area (Å²) < 4.78 is 11.7. The van der Waals surface area contributed by atoms with Gasteiger partial charge in [0.15, 0.2) is 6.61 Å². The van der Waals surface area contributed by atoms with Crippen LogP contribution in [0.3, 0.4) is 0 Å². The van der Waals surface area contributed by atoms with Crippen molar-refractivity contribution in [3.05, 3.63) is 71.1 Å². The van der Waals surface area contributed by atoms with Crippen molar-refractivity contribution in [2.45, 2.75) is 50.2 Å². The Bertz CT molecular complexity index is 1020. The number of amides is 1. The lowest BCUT2D eigenvalue weighted by Gasteiger charge is -2.29. The van der Waals surface area contributed by atoms with E-state index in [1.807, 2.05) is 67.3 Å². The van der Waals surface area contributed by atoms with Crippen molar-refractivity contribution < 1.29 is 13.9 Å². The molecule has 0 bridgehead atoms. The molecule has 1 aliphatic rings. The summed E-state index contributed by atoms with van der Waals surface area (Å²) in [6.07, 6.45) is 3.29. The minimum Gasteiger partial charge on any atom is -0.484 e. The molecule has 1 saturated heterocycles. The Labute approximate surface area is 187 Å². The van der Waals surface area contributed by atoms with E-state index in [4.69, 9.17) is 9.15 Å². The topological polar surface area (TPSA) is 68.5 Å². The molecule has 0 spiro atoms. The molecule has 1 fully saturated rings. The van der Waals surface area contributed by atoms with E-state index < -0.39 is 5.25 Å². The predicted molar refractivity (Wildman–Crippen MR) is 120 cm³/mol. The number of nitrogens with zero attached hydrogens (tertiary/aromatic N) is 3. The van der Waals surface area contributed by atoms with Crippen LogP contribution >= 0.6 is 11.8 Å². The maximum atomic E-state index is 13.3. The highest BCUT2D eigenvalue weighted by Gasteiger charge is 2.29. The van der Waals surface area contributed by atoms with E-state index in [0.717, 1.165) is 48.4 Å². The Morgan fingerprint density at radius 1 is 1.10 bits per heavy atom. The van der Waals surface area contributed by atoms with Gasteiger partial charge >= 0.3 is 0 Å². The van der Waals surface area contributed by atoms with Crippen molar-refractivity contribution in [2.75, 3.05) is 13.1 Å². The van der Waals surface area contributed by atoms with Crippen LogP contribution in [0.5, 0.6) is 5.75 Å². The van der Waals surface area contributed by atoms with E-state index in [-0.39, 0.29) is 12.5 Å². The number of likely N-dealkylation sites (tertiary alicyclic amines) is 1. The van der Waals surface area contributed by atoms with Gasteiger partial charge in [-0.1, -0.05) is 42.5 Å². The van der Waals surface area contributed by atoms with Crippen LogP contribution < -0.4 is 4.74 Å². The number of hydrogen-bond donors (Lipinski definition) is 0. The quantitative estimate of drug-likeness (QED) is 0.479. The van der Waals surface area contributed by atoms with Crippen molar-refractivity contribution in [1.82, 2.24) is 15.1 Å². The molecule has 0 N–H and O–H groups in total. The molecule has 2 aromatic carbocycles. The van der Waals surface area contributed by atoms with Crippen molar-refractivity contribution in [2.24, 2.45) is 0 Å². The van der Waals surface area contributed by atoms with E-state index in [9.17, 15) is 4.79 Å². The molecule has 3 aromatic rings. The highest BCUT2D eigenvalue weighted by Crippen LogP contribution is 2.36. The number of thioether (sulfide) groups is 1. The average molecular weight is 438 g/mol. The standard InChI is InChI=1S/C24H27N3O3S/c1-17-11-12-18(2)20(15-17)29-16-21-25-26-24(30-21)31-22(19-9-5-3-6-10-19)23(28)27-13-7-4-8-14-27/h3,5-6,9-12,15,22H,4,7-8,13-14,16H2,1-2H3/t22-/m1/s1. The van der Waals surface area contributed by atoms with Crippen LogP contribution in [0.15, 0.2) is 58.2 Å². The van der Waals surface area contributed by atoms with E-state index in [0.29, 0.717) is 11.1 Å². The fourth-order valence-electron chi connectivity index (χ4n) is 3.62. The van der Waals surface area contributed by atoms with E-state index >= 15 is 0 Å². The predicted octanol–water partition coefficient (Wildman–Crippen LogP) is 5.11. The number of aromatic nitrogens is 2. The molecular formula is C24H27N3O3S. The Balaban J connectivity index is 1.46. The molecular weight excluding hydrogens is 410 g/mol. The SMILES string of the molecule is Cc1ccc(C)c(OCc2nnc(S[C@@H](C(=O)N3CCCCC3)c3ccccc3)o2)c1. The van der Waals surface area contributed by atoms with Crippen molar-refractivity contribution in [3.63, 3.8) is 0 Å². The Morgan fingerprint density at radius 3 is 2.65 bits per heavy atom. The lowest BCUT2D eigenvalue weighted by molar-refractivity contribution is -0.131. The molecule has 1 amide bonds. The zero-order chi connectivity index (χ0) is 21.6. The highest BCUT2D eigenvalue weighted by atomic mass is 32.2. The average Bonchev–Trinajstić information content (AvgIpc) is 3.26. The summed E-state index contributed by atoms with van der Waals surface area (Å²) in [6, 6.07) is 15.9. The van der Waals surface area contributed by atoms with Gasteiger partial charge in [0.2, 0.25) is 5.91 Å². The number of aryl methyl sites for hydroxylation is 2. The number of hydrogen-bond acceptors (Lipinski definition) is 6. The summed E-state index contributed by atoms with van der Waals surface area (Å²) in [7, 11) is 0. The first kappa shape index (κ1) is 21.4. The molecule has 0 radical (unpaired) electrons. The number of carbonyl (C=O) groups excluding carboxylic acids is 1. The van der Waals surface area contributed by atoms with Gasteiger partial charge < -0.3 is 14.1 Å². The lowest BCUT2D eigenvalue weighted by atomic mass is 10.1. The summed E-state index contributed by atoms with van der Waals surface area (Å²) >= 11 is 1.30. The number of rotatable bonds is 7. The normalized spacial score (nSPS) is 15.0. The minimum absolute atomic E-state index is 0.0993. The molecule has 2 heterocycles. The smallest absolute Gasteiger partial charge is 0.277 e. The van der Waals surface area contributed by atoms with Crippen LogP contribution in [-0.2, 0) is 11.4 Å². The molecule has 1 atom stereocenters. The van der Waals surface area contributed by atoms with Crippen LogP contribution in [-0.4, -0.2) is 34.1 Å². The first-order chi connectivity index (χ1) is 15.1. The highest BCUT2D eigenvalue weighted by molar-refractivity contribution is 8.00. The molecule has 0 saturated carbocycles. The first-order valence-electron chi connectivity index (χ1n) is 10.6. The number of carbonyl (C=O) groups is 1. The van der Waals surface area contributed by atoms with Gasteiger partial charge in [0.05, 0.1) is 0 Å². The van der Waals surface area contributed by atoms with E-state index in [1.165, 1.54) is 18.2 Å². The first-order valence-corrected chi connectivity index (χ1v) is 11.5. The third-order valence-corrected chi connectivity index (χ3v) is 6.43. The van der Waals surface area contributed by atoms with Gasteiger partial charge in [-0.05, 0) is 67.6 Å². The Kier molecular flexibility index (Phi) is 6.92. The molecule has 0 aliphatic carbocycles. The monoisotopic (exact) mass is 437 g/mol. The summed E-state index contributed by atoms with van der Waals surface area (Å²) in [5.41, 5.74) is 3.12. The van der Waals surface area contributed by atoms with Crippen LogP contribution in [0, 0.1) is 13.8 Å². The summed E-state index contributed by atoms with van der Waals surface area (Å²) in [5, 5.41) is 8.24. The van der Waals surface area contributed by atoms with Gasteiger partial charge in [-0.2, -0.15) is 0 Å². The zero-order valence-electron chi connectivity index (χ0n) is 17.9. The summed E-state index contributed by atoms with van der Waals surface area (Å²) in [5.74, 6) is 1.29. The fraction of sp³-hybridized carbons (Fsp3) is 0.375. The van der Waals surface area contributed by atoms with Crippen molar-refractivity contribution >= 4 is 17.7 Å². The Morgan fingerprint density at radius 2 is 1.87 bits per heavy atom. The van der Waals surface area contributed by atoms with Gasteiger partial charge in [-0.15, -0.1) is 10.2 Å². The molecule has 1 aromatic heterocycles. The van der Waals surface area contributed by atoms with Crippen LogP contribution in [0.25, 0.3) is 0 Å². The molecule has 7 heteroatoms. The zero-order valence-corrected chi connectivity index (χ0v) is 18.7. The molecule has 162 valence electrons. The minimum atomic E-state index is -0.410. The Hall–Kier alpha value is -2.80. The van der Waals surface area contributed by atoms with Gasteiger partial charge in [0.1, 0.15) is 11.0 Å². The van der Waals surface area contributed by atoms with Crippen LogP contribution in [0.2, 0.25) is 0 Å². The van der Waals surface area contributed by atoms with Gasteiger partial charge in [0.25, 0.3) is 11.1 Å². The van der Waals surface area contributed by atoms with Crippen molar-refractivity contribution in [3.8, 4) is 5.75 Å². The molecule has 6 nitrogen and oxygen atoms in total. The molecule has 4 rings (SSSR count). The van der Waals surface area contributed by atoms with Crippen LogP contribution in [0.4, 0.5) is 0 Å². The summed E-state index contributed by atoms with van der Waals surface area (Å²) in [6.45, 7) is 5.83. The second-order valence-electron chi connectivity index (χ2n) is 7.81. The third kappa shape index (κ3) is 5.47. The number of benzene rings is 2. The van der Waals surface area contributed by atoms with Gasteiger partial charge in [-0.3, -0.25) is 4.79 Å². The maximum absolute atomic E-state index is 13.3. The maximum Gasteiger partial charge on any atom is 0.277 e. The largest absolute Gasteiger partial charge is 0.484 e. The molecule has 0 unspecified atom stereocenters. The van der Waals surface area contributed by atoms with E-state index in [2.05, 4.69) is 10.2 Å².